The quantitative estimate of drug-likeness (QED) is 0.436. The number of alkyl halides is 3. The van der Waals surface area contributed by atoms with E-state index >= 15 is 0 Å². The number of aromatic amines is 1. The highest BCUT2D eigenvalue weighted by Gasteiger charge is 2.57. The summed E-state index contributed by atoms with van der Waals surface area (Å²) in [4.78, 5) is 42.1. The normalized spacial score (nSPS) is 22.8. The number of hydrogen-bond acceptors (Lipinski definition) is 5. The molecule has 2 aromatic carbocycles. The van der Waals surface area contributed by atoms with Gasteiger partial charge in [-0.1, -0.05) is 47.4 Å². The third-order valence-corrected chi connectivity index (χ3v) is 7.90. The molecule has 3 atom stereocenters. The number of aromatic nitrogens is 1. The number of nitrogens with one attached hydrogen (secondary N) is 1. The smallest absolute Gasteiger partial charge is 0.307 e. The van der Waals surface area contributed by atoms with Gasteiger partial charge in [0.15, 0.2) is 0 Å². The number of benzene rings is 2. The molecule has 3 aromatic rings. The predicted octanol–water partition coefficient (Wildman–Crippen LogP) is 4.39. The van der Waals surface area contributed by atoms with E-state index in [-0.39, 0.29) is 4.87 Å². The molecule has 1 N–H and O–H groups in total. The molecule has 2 amide bonds. The number of thiazole rings is 1. The van der Waals surface area contributed by atoms with Crippen molar-refractivity contribution in [3.8, 4) is 0 Å². The molecule has 2 aliphatic heterocycles. The van der Waals surface area contributed by atoms with Crippen LogP contribution in [0.4, 0.5) is 23.2 Å². The number of carbonyl (C=O) groups is 2. The first-order valence-electron chi connectivity index (χ1n) is 9.36. The van der Waals surface area contributed by atoms with Gasteiger partial charge < -0.3 is 4.98 Å². The van der Waals surface area contributed by atoms with Crippen LogP contribution < -0.4 is 9.77 Å². The summed E-state index contributed by atoms with van der Waals surface area (Å²) in [6.45, 7) is 0. The highest BCUT2D eigenvalue weighted by Crippen LogP contribution is 2.53. The molecule has 5 rings (SSSR count). The van der Waals surface area contributed by atoms with Crippen molar-refractivity contribution in [3.05, 3.63) is 80.0 Å². The number of anilines is 1. The Morgan fingerprint density at radius 1 is 0.938 bits per heavy atom. The standard InChI is InChI=1S/C21H12F4N2O3S2/c22-10-7-5-9(6-8-10)13-14-16(31-17-15(13)32-20(30)26-17)19(29)27(18(14)28)12-4-2-1-3-11(12)21(23,24)25/h1-8,13-14,16H,(H,26,30)/t13-,14?,16?/m1/s1. The Kier molecular flexibility index (Phi) is 4.79. The van der Waals surface area contributed by atoms with Crippen molar-refractivity contribution in [3.63, 3.8) is 0 Å². The first-order valence-corrected chi connectivity index (χ1v) is 11.1. The molecule has 1 fully saturated rings. The van der Waals surface area contributed by atoms with E-state index in [1.807, 2.05) is 0 Å². The third-order valence-electron chi connectivity index (χ3n) is 5.50. The largest absolute Gasteiger partial charge is 0.418 e. The van der Waals surface area contributed by atoms with Crippen molar-refractivity contribution < 1.29 is 27.2 Å². The van der Waals surface area contributed by atoms with E-state index in [1.54, 1.807) is 0 Å². The van der Waals surface area contributed by atoms with Crippen LogP contribution >= 0.6 is 23.1 Å². The number of halogens is 4. The molecular weight excluding hydrogens is 468 g/mol. The van der Waals surface area contributed by atoms with Crippen LogP contribution in [0.25, 0.3) is 0 Å². The zero-order chi connectivity index (χ0) is 22.8. The van der Waals surface area contributed by atoms with Crippen LogP contribution in [-0.2, 0) is 15.8 Å². The zero-order valence-corrected chi connectivity index (χ0v) is 17.5. The highest BCUT2D eigenvalue weighted by atomic mass is 32.2. The summed E-state index contributed by atoms with van der Waals surface area (Å²) in [7, 11) is 0. The zero-order valence-electron chi connectivity index (χ0n) is 15.9. The number of rotatable bonds is 2. The number of thioether (sulfide) groups is 1. The second kappa shape index (κ2) is 7.31. The van der Waals surface area contributed by atoms with E-state index < -0.39 is 52.1 Å². The lowest BCUT2D eigenvalue weighted by atomic mass is 9.83. The number of carbonyl (C=O) groups excluding carboxylic acids is 2. The van der Waals surface area contributed by atoms with E-state index in [0.717, 1.165) is 35.2 Å². The molecule has 0 radical (unpaired) electrons. The Bertz CT molecular complexity index is 1300. The summed E-state index contributed by atoms with van der Waals surface area (Å²) in [5, 5.41) is -0.640. The molecule has 2 unspecified atom stereocenters. The third kappa shape index (κ3) is 3.18. The van der Waals surface area contributed by atoms with Gasteiger partial charge in [-0.3, -0.25) is 14.4 Å². The van der Waals surface area contributed by atoms with Gasteiger partial charge in [0.25, 0.3) is 0 Å². The van der Waals surface area contributed by atoms with E-state index in [1.165, 1.54) is 36.4 Å². The van der Waals surface area contributed by atoms with Gasteiger partial charge in [-0.2, -0.15) is 13.2 Å². The molecule has 0 saturated carbocycles. The van der Waals surface area contributed by atoms with Crippen LogP contribution in [0.15, 0.2) is 58.4 Å². The van der Waals surface area contributed by atoms with Gasteiger partial charge in [0.1, 0.15) is 11.1 Å². The van der Waals surface area contributed by atoms with Crippen molar-refractivity contribution in [2.24, 2.45) is 5.92 Å². The maximum absolute atomic E-state index is 13.6. The van der Waals surface area contributed by atoms with Gasteiger partial charge >= 0.3 is 11.0 Å². The predicted molar refractivity (Wildman–Crippen MR) is 110 cm³/mol. The molecule has 3 heterocycles. The number of hydrogen-bond donors (Lipinski definition) is 1. The van der Waals surface area contributed by atoms with Crippen LogP contribution in [0, 0.1) is 11.7 Å². The van der Waals surface area contributed by atoms with Crippen LogP contribution in [-0.4, -0.2) is 22.0 Å². The molecule has 0 bridgehead atoms. The fourth-order valence-corrected chi connectivity index (χ4v) is 6.71. The minimum absolute atomic E-state index is 0.381. The second-order valence-electron chi connectivity index (χ2n) is 7.33. The molecule has 1 aromatic heterocycles. The van der Waals surface area contributed by atoms with Crippen molar-refractivity contribution in [2.45, 2.75) is 22.4 Å². The number of fused-ring (bicyclic) bond motifs is 2. The van der Waals surface area contributed by atoms with Crippen LogP contribution in [0.2, 0.25) is 0 Å². The lowest BCUT2D eigenvalue weighted by Gasteiger charge is -2.29. The summed E-state index contributed by atoms with van der Waals surface area (Å²) in [5.41, 5.74) is -1.13. The minimum Gasteiger partial charge on any atom is -0.307 e. The lowest BCUT2D eigenvalue weighted by Crippen LogP contribution is -2.33. The van der Waals surface area contributed by atoms with Crippen molar-refractivity contribution >= 4 is 40.6 Å². The van der Waals surface area contributed by atoms with E-state index in [9.17, 15) is 31.9 Å². The number of H-pyrrole nitrogens is 1. The average Bonchev–Trinajstić information content (AvgIpc) is 3.23. The number of imide groups is 1. The molecule has 0 aliphatic carbocycles. The summed E-state index contributed by atoms with van der Waals surface area (Å²) >= 11 is 1.83. The summed E-state index contributed by atoms with van der Waals surface area (Å²) < 4.78 is 54.3. The Balaban J connectivity index is 1.66. The van der Waals surface area contributed by atoms with Gasteiger partial charge in [0.05, 0.1) is 22.2 Å². The molecule has 32 heavy (non-hydrogen) atoms. The average molecular weight is 480 g/mol. The maximum atomic E-state index is 13.6. The van der Waals surface area contributed by atoms with Crippen molar-refractivity contribution in [1.29, 1.82) is 0 Å². The van der Waals surface area contributed by atoms with E-state index in [0.29, 0.717) is 20.4 Å². The Morgan fingerprint density at radius 2 is 1.62 bits per heavy atom. The number of para-hydroxylation sites is 1. The fraction of sp³-hybridized carbons (Fsp3) is 0.190. The molecule has 11 heteroatoms. The first-order chi connectivity index (χ1) is 15.2. The fourth-order valence-electron chi connectivity index (χ4n) is 4.19. The van der Waals surface area contributed by atoms with E-state index in [2.05, 4.69) is 4.98 Å². The Hall–Kier alpha value is -2.92. The van der Waals surface area contributed by atoms with Crippen LogP contribution in [0.3, 0.4) is 0 Å². The van der Waals surface area contributed by atoms with Gasteiger partial charge in [-0.25, -0.2) is 9.29 Å². The van der Waals surface area contributed by atoms with Gasteiger partial charge in [-0.05, 0) is 29.8 Å². The molecule has 0 spiro atoms. The summed E-state index contributed by atoms with van der Waals surface area (Å²) in [6, 6.07) is 9.70. The summed E-state index contributed by atoms with van der Waals surface area (Å²) in [5.74, 6) is -3.90. The Morgan fingerprint density at radius 3 is 2.31 bits per heavy atom. The molecular formula is C21H12F4N2O3S2. The summed E-state index contributed by atoms with van der Waals surface area (Å²) in [6.07, 6.45) is -4.77. The topological polar surface area (TPSA) is 70.2 Å². The van der Waals surface area contributed by atoms with E-state index in [4.69, 9.17) is 0 Å². The SMILES string of the molecule is O=C1C2Sc3[nH]c(=O)sc3[C@H](c3ccc(F)cc3)C2C(=O)N1c1ccccc1C(F)(F)F. The molecule has 1 saturated heterocycles. The molecule has 164 valence electrons. The monoisotopic (exact) mass is 480 g/mol. The van der Waals surface area contributed by atoms with Gasteiger partial charge in [0.2, 0.25) is 11.8 Å². The van der Waals surface area contributed by atoms with Crippen LogP contribution in [0.1, 0.15) is 21.9 Å². The van der Waals surface area contributed by atoms with Crippen molar-refractivity contribution in [1.82, 2.24) is 4.98 Å². The molecule has 5 nitrogen and oxygen atoms in total. The van der Waals surface area contributed by atoms with Gasteiger partial charge in [0, 0.05) is 10.8 Å². The lowest BCUT2D eigenvalue weighted by molar-refractivity contribution is -0.137. The maximum Gasteiger partial charge on any atom is 0.418 e. The Labute approximate surface area is 186 Å². The number of nitrogens with zero attached hydrogens (tertiary/aromatic N) is 1. The van der Waals surface area contributed by atoms with Gasteiger partial charge in [-0.15, -0.1) is 0 Å². The number of amides is 2. The molecule has 2 aliphatic rings. The second-order valence-corrected chi connectivity index (χ2v) is 9.49. The minimum atomic E-state index is -4.77. The van der Waals surface area contributed by atoms with Crippen LogP contribution in [0.5, 0.6) is 0 Å². The van der Waals surface area contributed by atoms with Crippen molar-refractivity contribution in [2.75, 3.05) is 4.90 Å². The highest BCUT2D eigenvalue weighted by molar-refractivity contribution is 8.00. The first kappa shape index (κ1) is 21.0.